The van der Waals surface area contributed by atoms with E-state index in [0.717, 1.165) is 44.8 Å². The van der Waals surface area contributed by atoms with Gasteiger partial charge >= 0.3 is 6.03 Å². The van der Waals surface area contributed by atoms with Crippen LogP contribution in [0.25, 0.3) is 0 Å². The smallest absolute Gasteiger partial charge is 0.319 e. The maximum absolute atomic E-state index is 12.3. The van der Waals surface area contributed by atoms with Crippen molar-refractivity contribution in [3.63, 3.8) is 0 Å². The number of hydrogen-bond acceptors (Lipinski definition) is 4. The van der Waals surface area contributed by atoms with Crippen LogP contribution in [0.3, 0.4) is 0 Å². The highest BCUT2D eigenvalue weighted by Crippen LogP contribution is 2.43. The summed E-state index contributed by atoms with van der Waals surface area (Å²) in [5, 5.41) is 0. The van der Waals surface area contributed by atoms with E-state index in [1.54, 1.807) is 11.1 Å². The number of likely N-dealkylation sites (tertiary alicyclic amines) is 2. The predicted octanol–water partition coefficient (Wildman–Crippen LogP) is 1.53. The quantitative estimate of drug-likeness (QED) is 0.839. The standard InChI is InChI=1S/C18H28N4O2/c1-20(2)17(23)22-8-6-18(14-22)13-21(3)10-16(18)12-24-11-15-5-4-7-19-9-15/h4-5,7,9,16H,6,8,10-14H2,1-3H3/t16-,18-/m0/s1. The van der Waals surface area contributed by atoms with Gasteiger partial charge in [0, 0.05) is 64.0 Å². The van der Waals surface area contributed by atoms with Crippen molar-refractivity contribution in [2.45, 2.75) is 13.0 Å². The molecule has 2 amide bonds. The van der Waals surface area contributed by atoms with Crippen LogP contribution in [-0.4, -0.2) is 79.6 Å². The largest absolute Gasteiger partial charge is 0.376 e. The second-order valence-corrected chi connectivity index (χ2v) is 7.48. The highest BCUT2D eigenvalue weighted by atomic mass is 16.5. The van der Waals surface area contributed by atoms with Gasteiger partial charge in [-0.1, -0.05) is 6.07 Å². The molecule has 3 heterocycles. The van der Waals surface area contributed by atoms with E-state index in [1.807, 2.05) is 37.3 Å². The van der Waals surface area contributed by atoms with Crippen LogP contribution in [0.5, 0.6) is 0 Å². The molecular weight excluding hydrogens is 304 g/mol. The summed E-state index contributed by atoms with van der Waals surface area (Å²) in [4.78, 5) is 22.4. The average Bonchev–Trinajstić information content (AvgIpc) is 3.12. The van der Waals surface area contributed by atoms with Crippen molar-refractivity contribution in [3.05, 3.63) is 30.1 Å². The molecule has 132 valence electrons. The van der Waals surface area contributed by atoms with Crippen molar-refractivity contribution in [2.24, 2.45) is 11.3 Å². The highest BCUT2D eigenvalue weighted by molar-refractivity contribution is 5.74. The molecule has 1 aromatic rings. The molecule has 0 aromatic carbocycles. The second-order valence-electron chi connectivity index (χ2n) is 7.48. The van der Waals surface area contributed by atoms with E-state index in [1.165, 1.54) is 0 Å². The summed E-state index contributed by atoms with van der Waals surface area (Å²) in [6, 6.07) is 4.10. The van der Waals surface area contributed by atoms with Crippen LogP contribution >= 0.6 is 0 Å². The lowest BCUT2D eigenvalue weighted by Gasteiger charge is -2.31. The van der Waals surface area contributed by atoms with Crippen LogP contribution in [0.2, 0.25) is 0 Å². The topological polar surface area (TPSA) is 48.9 Å². The molecule has 2 atom stereocenters. The lowest BCUT2D eigenvalue weighted by molar-refractivity contribution is 0.0524. The van der Waals surface area contributed by atoms with Gasteiger partial charge in [-0.25, -0.2) is 4.79 Å². The minimum atomic E-state index is 0.122. The summed E-state index contributed by atoms with van der Waals surface area (Å²) in [6.07, 6.45) is 4.70. The Morgan fingerprint density at radius 2 is 2.29 bits per heavy atom. The highest BCUT2D eigenvalue weighted by Gasteiger charge is 2.50. The molecule has 3 rings (SSSR count). The number of rotatable bonds is 4. The van der Waals surface area contributed by atoms with E-state index in [4.69, 9.17) is 4.74 Å². The van der Waals surface area contributed by atoms with Crippen molar-refractivity contribution in [1.29, 1.82) is 0 Å². The zero-order valence-electron chi connectivity index (χ0n) is 14.9. The van der Waals surface area contributed by atoms with Gasteiger partial charge in [0.05, 0.1) is 13.2 Å². The van der Waals surface area contributed by atoms with Crippen molar-refractivity contribution >= 4 is 6.03 Å². The third-order valence-corrected chi connectivity index (χ3v) is 5.33. The molecule has 0 bridgehead atoms. The monoisotopic (exact) mass is 332 g/mol. The Hall–Kier alpha value is -1.66. The van der Waals surface area contributed by atoms with E-state index in [2.05, 4.69) is 16.9 Å². The van der Waals surface area contributed by atoms with E-state index in [0.29, 0.717) is 12.5 Å². The summed E-state index contributed by atoms with van der Waals surface area (Å²) in [6.45, 7) is 5.12. The minimum Gasteiger partial charge on any atom is -0.376 e. The lowest BCUT2D eigenvalue weighted by Crippen LogP contribution is -2.41. The number of nitrogens with zero attached hydrogens (tertiary/aromatic N) is 4. The molecule has 0 radical (unpaired) electrons. The first-order chi connectivity index (χ1) is 11.5. The molecule has 0 aliphatic carbocycles. The molecule has 2 saturated heterocycles. The number of carbonyl (C=O) groups excluding carboxylic acids is 1. The third kappa shape index (κ3) is 3.54. The third-order valence-electron chi connectivity index (χ3n) is 5.33. The fourth-order valence-corrected chi connectivity index (χ4v) is 4.14. The Labute approximate surface area is 144 Å². The maximum atomic E-state index is 12.3. The van der Waals surface area contributed by atoms with Gasteiger partial charge in [0.2, 0.25) is 0 Å². The number of aromatic nitrogens is 1. The first-order valence-corrected chi connectivity index (χ1v) is 8.62. The maximum Gasteiger partial charge on any atom is 0.319 e. The van der Waals surface area contributed by atoms with Crippen molar-refractivity contribution < 1.29 is 9.53 Å². The van der Waals surface area contributed by atoms with Crippen LogP contribution in [0, 0.1) is 11.3 Å². The molecule has 6 nitrogen and oxygen atoms in total. The van der Waals surface area contributed by atoms with Gasteiger partial charge < -0.3 is 19.4 Å². The Kier molecular flexibility index (Phi) is 5.06. The Bertz CT molecular complexity index is 565. The van der Waals surface area contributed by atoms with Crippen LogP contribution < -0.4 is 0 Å². The second kappa shape index (κ2) is 7.07. The molecule has 0 N–H and O–H groups in total. The summed E-state index contributed by atoms with van der Waals surface area (Å²) in [5.41, 5.74) is 1.28. The predicted molar refractivity (Wildman–Crippen MR) is 92.6 cm³/mol. The molecule has 0 unspecified atom stereocenters. The van der Waals surface area contributed by atoms with Gasteiger partial charge in [0.25, 0.3) is 0 Å². The molecule has 2 aliphatic heterocycles. The van der Waals surface area contributed by atoms with Crippen molar-refractivity contribution in [2.75, 3.05) is 53.9 Å². The van der Waals surface area contributed by atoms with E-state index in [-0.39, 0.29) is 11.4 Å². The number of urea groups is 1. The van der Waals surface area contributed by atoms with Crippen LogP contribution in [0.15, 0.2) is 24.5 Å². The number of amides is 2. The van der Waals surface area contributed by atoms with Gasteiger partial charge in [-0.2, -0.15) is 0 Å². The number of hydrogen-bond donors (Lipinski definition) is 0. The van der Waals surface area contributed by atoms with Crippen molar-refractivity contribution in [1.82, 2.24) is 19.7 Å². The molecule has 6 heteroatoms. The molecular formula is C18H28N4O2. The minimum absolute atomic E-state index is 0.122. The zero-order chi connectivity index (χ0) is 17.2. The molecule has 2 aliphatic rings. The summed E-state index contributed by atoms with van der Waals surface area (Å²) in [7, 11) is 5.81. The average molecular weight is 332 g/mol. The molecule has 24 heavy (non-hydrogen) atoms. The zero-order valence-corrected chi connectivity index (χ0v) is 14.9. The van der Waals surface area contributed by atoms with Crippen LogP contribution in [0.4, 0.5) is 4.79 Å². The molecule has 1 spiro atoms. The Morgan fingerprint density at radius 1 is 1.46 bits per heavy atom. The van der Waals surface area contributed by atoms with Gasteiger partial charge in [-0.15, -0.1) is 0 Å². The van der Waals surface area contributed by atoms with Crippen LogP contribution in [-0.2, 0) is 11.3 Å². The normalized spacial score (nSPS) is 27.1. The first-order valence-electron chi connectivity index (χ1n) is 8.62. The van der Waals surface area contributed by atoms with Gasteiger partial charge in [-0.3, -0.25) is 4.98 Å². The van der Waals surface area contributed by atoms with Crippen molar-refractivity contribution in [3.8, 4) is 0 Å². The first kappa shape index (κ1) is 17.2. The van der Waals surface area contributed by atoms with E-state index >= 15 is 0 Å². The SMILES string of the molecule is CN1C[C@@H](COCc2cccnc2)[C@@]2(CCN(C(=O)N(C)C)C2)C1. The molecule has 2 fully saturated rings. The molecule has 0 saturated carbocycles. The van der Waals surface area contributed by atoms with Gasteiger partial charge in [0.1, 0.15) is 0 Å². The summed E-state index contributed by atoms with van der Waals surface area (Å²) >= 11 is 0. The van der Waals surface area contributed by atoms with Gasteiger partial charge in [-0.05, 0) is 25.1 Å². The Morgan fingerprint density at radius 3 is 3.00 bits per heavy atom. The summed E-state index contributed by atoms with van der Waals surface area (Å²) in [5.74, 6) is 0.471. The fraction of sp³-hybridized carbons (Fsp3) is 0.667. The fourth-order valence-electron chi connectivity index (χ4n) is 4.14. The lowest BCUT2D eigenvalue weighted by atomic mass is 9.77. The number of carbonyl (C=O) groups is 1. The van der Waals surface area contributed by atoms with Gasteiger partial charge in [0.15, 0.2) is 0 Å². The van der Waals surface area contributed by atoms with E-state index < -0.39 is 0 Å². The number of ether oxygens (including phenoxy) is 1. The number of pyridine rings is 1. The molecule has 1 aromatic heterocycles. The van der Waals surface area contributed by atoms with E-state index in [9.17, 15) is 4.79 Å². The van der Waals surface area contributed by atoms with Crippen LogP contribution in [0.1, 0.15) is 12.0 Å². The Balaban J connectivity index is 1.59. The summed E-state index contributed by atoms with van der Waals surface area (Å²) < 4.78 is 6.00.